The second-order valence-corrected chi connectivity index (χ2v) is 10.5. The number of benzene rings is 2. The lowest BCUT2D eigenvalue weighted by molar-refractivity contribution is 0.104. The maximum absolute atomic E-state index is 12.9. The summed E-state index contributed by atoms with van der Waals surface area (Å²) in [6.45, 7) is 4.60. The Morgan fingerprint density at radius 1 is 1.19 bits per heavy atom. The molecule has 7 nitrogen and oxygen atoms in total. The van der Waals surface area contributed by atoms with Crippen LogP contribution in [0.1, 0.15) is 32.8 Å². The molecule has 0 bridgehead atoms. The molecule has 0 amide bonds. The lowest BCUT2D eigenvalue weighted by Gasteiger charge is -2.19. The Labute approximate surface area is 193 Å². The summed E-state index contributed by atoms with van der Waals surface area (Å²) >= 11 is 1.29. The van der Waals surface area contributed by atoms with Crippen LogP contribution in [0, 0.1) is 13.8 Å². The summed E-state index contributed by atoms with van der Waals surface area (Å²) < 4.78 is 32.4. The SMILES string of the molecule is COc1ccc(C)cc1S(=O)(=O)N(C)CCCNc1ncc(C(=O)c2ccccc2C)s1. The molecule has 32 heavy (non-hydrogen) atoms. The summed E-state index contributed by atoms with van der Waals surface area (Å²) in [6.07, 6.45) is 2.15. The highest BCUT2D eigenvalue weighted by Crippen LogP contribution is 2.27. The number of rotatable bonds is 10. The largest absolute Gasteiger partial charge is 0.495 e. The number of aromatic nitrogens is 1. The van der Waals surface area contributed by atoms with Crippen molar-refractivity contribution in [3.05, 3.63) is 70.2 Å². The predicted molar refractivity (Wildman–Crippen MR) is 127 cm³/mol. The van der Waals surface area contributed by atoms with E-state index in [0.29, 0.717) is 40.8 Å². The molecule has 0 fully saturated rings. The summed E-state index contributed by atoms with van der Waals surface area (Å²) in [6, 6.07) is 12.6. The van der Waals surface area contributed by atoms with Gasteiger partial charge in [0.05, 0.1) is 18.2 Å². The van der Waals surface area contributed by atoms with Crippen LogP contribution >= 0.6 is 11.3 Å². The molecule has 0 spiro atoms. The lowest BCUT2D eigenvalue weighted by Crippen LogP contribution is -2.29. The third kappa shape index (κ3) is 5.35. The number of ether oxygens (including phenoxy) is 1. The number of methoxy groups -OCH3 is 1. The average molecular weight is 474 g/mol. The van der Waals surface area contributed by atoms with E-state index in [1.807, 2.05) is 44.2 Å². The van der Waals surface area contributed by atoms with Gasteiger partial charge in [-0.15, -0.1) is 0 Å². The van der Waals surface area contributed by atoms with Crippen LogP contribution in [0.4, 0.5) is 5.13 Å². The first-order valence-corrected chi connectivity index (χ1v) is 12.4. The standard InChI is InChI=1S/C23H27N3O4S2/c1-16-10-11-19(30-4)21(14-16)32(28,29)26(3)13-7-12-24-23-25-15-20(31-23)22(27)18-9-6-5-8-17(18)2/h5-6,8-11,14-15H,7,12-13H2,1-4H3,(H,24,25). The summed E-state index contributed by atoms with van der Waals surface area (Å²) in [4.78, 5) is 17.7. The Morgan fingerprint density at radius 2 is 1.94 bits per heavy atom. The highest BCUT2D eigenvalue weighted by molar-refractivity contribution is 7.89. The monoisotopic (exact) mass is 473 g/mol. The molecule has 0 saturated heterocycles. The van der Waals surface area contributed by atoms with Crippen molar-refractivity contribution >= 4 is 32.3 Å². The van der Waals surface area contributed by atoms with Gasteiger partial charge in [0.15, 0.2) is 5.13 Å². The molecule has 0 aliphatic heterocycles. The summed E-state index contributed by atoms with van der Waals surface area (Å²) in [7, 11) is -0.655. The van der Waals surface area contributed by atoms with Gasteiger partial charge in [-0.25, -0.2) is 17.7 Å². The third-order valence-electron chi connectivity index (χ3n) is 5.05. The maximum Gasteiger partial charge on any atom is 0.246 e. The first-order chi connectivity index (χ1) is 15.2. The number of aryl methyl sites for hydroxylation is 2. The minimum Gasteiger partial charge on any atom is -0.495 e. The Bertz CT molecular complexity index is 1210. The molecule has 3 rings (SSSR count). The van der Waals surface area contributed by atoms with Crippen LogP contribution in [0.15, 0.2) is 53.6 Å². The zero-order valence-electron chi connectivity index (χ0n) is 18.6. The van der Waals surface area contributed by atoms with E-state index in [0.717, 1.165) is 11.1 Å². The van der Waals surface area contributed by atoms with Gasteiger partial charge in [0.25, 0.3) is 0 Å². The van der Waals surface area contributed by atoms with Crippen LogP contribution in [0.25, 0.3) is 0 Å². The molecule has 1 heterocycles. The highest BCUT2D eigenvalue weighted by atomic mass is 32.2. The Balaban J connectivity index is 1.56. The highest BCUT2D eigenvalue weighted by Gasteiger charge is 2.24. The van der Waals surface area contributed by atoms with Crippen molar-refractivity contribution in [3.8, 4) is 5.75 Å². The van der Waals surface area contributed by atoms with Crippen LogP contribution in [-0.4, -0.2) is 50.7 Å². The summed E-state index contributed by atoms with van der Waals surface area (Å²) in [5, 5.41) is 3.81. The second kappa shape index (κ2) is 10.2. The van der Waals surface area contributed by atoms with Gasteiger partial charge in [0.1, 0.15) is 10.6 Å². The fourth-order valence-corrected chi connectivity index (χ4v) is 5.43. The van der Waals surface area contributed by atoms with Gasteiger partial charge in [-0.05, 0) is 43.5 Å². The van der Waals surface area contributed by atoms with Crippen LogP contribution in [0.2, 0.25) is 0 Å². The van der Waals surface area contributed by atoms with Crippen molar-refractivity contribution < 1.29 is 17.9 Å². The average Bonchev–Trinajstić information content (AvgIpc) is 3.25. The molecule has 0 saturated carbocycles. The molecule has 2 aromatic carbocycles. The minimum atomic E-state index is -3.67. The number of ketones is 1. The molecule has 0 atom stereocenters. The Morgan fingerprint density at radius 3 is 2.66 bits per heavy atom. The van der Waals surface area contributed by atoms with E-state index < -0.39 is 10.0 Å². The van der Waals surface area contributed by atoms with E-state index in [1.54, 1.807) is 25.4 Å². The van der Waals surface area contributed by atoms with E-state index in [9.17, 15) is 13.2 Å². The topological polar surface area (TPSA) is 88.6 Å². The molecule has 0 aliphatic rings. The van der Waals surface area contributed by atoms with E-state index in [2.05, 4.69) is 10.3 Å². The third-order valence-corrected chi connectivity index (χ3v) is 7.88. The molecule has 3 aromatic rings. The number of nitrogens with zero attached hydrogens (tertiary/aromatic N) is 2. The van der Waals surface area contributed by atoms with Gasteiger partial charge in [0.2, 0.25) is 15.8 Å². The molecule has 0 unspecified atom stereocenters. The van der Waals surface area contributed by atoms with Gasteiger partial charge in [-0.1, -0.05) is 41.7 Å². The quantitative estimate of drug-likeness (QED) is 0.352. The molecule has 0 aliphatic carbocycles. The first-order valence-electron chi connectivity index (χ1n) is 10.1. The van der Waals surface area contributed by atoms with E-state index >= 15 is 0 Å². The Kier molecular flexibility index (Phi) is 7.65. The number of sulfonamides is 1. The Hall–Kier alpha value is -2.75. The number of anilines is 1. The van der Waals surface area contributed by atoms with Crippen molar-refractivity contribution in [1.82, 2.24) is 9.29 Å². The predicted octanol–water partition coefficient (Wildman–Crippen LogP) is 4.12. The summed E-state index contributed by atoms with van der Waals surface area (Å²) in [5.41, 5.74) is 2.44. The van der Waals surface area contributed by atoms with E-state index in [1.165, 1.54) is 22.8 Å². The van der Waals surface area contributed by atoms with Crippen molar-refractivity contribution in [2.45, 2.75) is 25.2 Å². The fraction of sp³-hybridized carbons (Fsp3) is 0.304. The van der Waals surface area contributed by atoms with Crippen molar-refractivity contribution in [1.29, 1.82) is 0 Å². The van der Waals surface area contributed by atoms with Crippen molar-refractivity contribution in [2.24, 2.45) is 0 Å². The maximum atomic E-state index is 12.9. The minimum absolute atomic E-state index is 0.0495. The van der Waals surface area contributed by atoms with Gasteiger partial charge in [-0.3, -0.25) is 4.79 Å². The zero-order valence-corrected chi connectivity index (χ0v) is 20.2. The van der Waals surface area contributed by atoms with Crippen LogP contribution in [0.3, 0.4) is 0 Å². The lowest BCUT2D eigenvalue weighted by atomic mass is 10.0. The number of thiazole rings is 1. The van der Waals surface area contributed by atoms with Gasteiger partial charge in [-0.2, -0.15) is 0 Å². The smallest absolute Gasteiger partial charge is 0.246 e. The van der Waals surface area contributed by atoms with Crippen LogP contribution in [-0.2, 0) is 10.0 Å². The van der Waals surface area contributed by atoms with Crippen LogP contribution < -0.4 is 10.1 Å². The van der Waals surface area contributed by atoms with Gasteiger partial charge >= 0.3 is 0 Å². The summed E-state index contributed by atoms with van der Waals surface area (Å²) in [5.74, 6) is 0.279. The first kappa shape index (κ1) is 23.9. The van der Waals surface area contributed by atoms with Gasteiger partial charge < -0.3 is 10.1 Å². The van der Waals surface area contributed by atoms with E-state index in [4.69, 9.17) is 4.74 Å². The molecular formula is C23H27N3O4S2. The number of hydrogen-bond donors (Lipinski definition) is 1. The fourth-order valence-electron chi connectivity index (χ4n) is 3.19. The van der Waals surface area contributed by atoms with Crippen LogP contribution in [0.5, 0.6) is 5.75 Å². The van der Waals surface area contributed by atoms with Gasteiger partial charge in [0, 0.05) is 25.7 Å². The molecule has 1 N–H and O–H groups in total. The van der Waals surface area contributed by atoms with E-state index in [-0.39, 0.29) is 10.7 Å². The van der Waals surface area contributed by atoms with Crippen molar-refractivity contribution in [3.63, 3.8) is 0 Å². The number of hydrogen-bond acceptors (Lipinski definition) is 7. The molecule has 0 radical (unpaired) electrons. The zero-order chi connectivity index (χ0) is 23.3. The second-order valence-electron chi connectivity index (χ2n) is 7.43. The van der Waals surface area contributed by atoms with Crippen molar-refractivity contribution in [2.75, 3.05) is 32.6 Å². The molecule has 170 valence electrons. The number of carbonyl (C=O) groups excluding carboxylic acids is 1. The normalized spacial score (nSPS) is 11.5. The molecular weight excluding hydrogens is 446 g/mol. The number of carbonyl (C=O) groups is 1. The number of nitrogens with one attached hydrogen (secondary N) is 1. The molecule has 1 aromatic heterocycles. The molecule has 9 heteroatoms.